The molecule has 0 amide bonds. The number of hydrogen-bond acceptors (Lipinski definition) is 2. The third-order valence-electron chi connectivity index (χ3n) is 2.91. The van der Waals surface area contributed by atoms with Gasteiger partial charge in [-0.05, 0) is 30.9 Å². The minimum Gasteiger partial charge on any atom is -0.380 e. The van der Waals surface area contributed by atoms with Gasteiger partial charge >= 0.3 is 0 Å². The summed E-state index contributed by atoms with van der Waals surface area (Å²) in [6.45, 7) is 8.99. The summed E-state index contributed by atoms with van der Waals surface area (Å²) in [4.78, 5) is 0. The molecule has 1 unspecified atom stereocenters. The topological polar surface area (TPSA) is 21.3 Å². The first-order valence-electron chi connectivity index (χ1n) is 6.66. The monoisotopic (exact) mass is 269 g/mol. The highest BCUT2D eigenvalue weighted by Gasteiger charge is 2.07. The van der Waals surface area contributed by atoms with Gasteiger partial charge in [0.15, 0.2) is 0 Å². The van der Waals surface area contributed by atoms with E-state index in [2.05, 4.69) is 32.2 Å². The van der Waals surface area contributed by atoms with Crippen molar-refractivity contribution in [2.75, 3.05) is 19.8 Å². The van der Waals surface area contributed by atoms with Crippen LogP contribution in [0.25, 0.3) is 0 Å². The van der Waals surface area contributed by atoms with Crippen LogP contribution in [0.2, 0.25) is 5.02 Å². The summed E-state index contributed by atoms with van der Waals surface area (Å²) in [7, 11) is 0. The highest BCUT2D eigenvalue weighted by Crippen LogP contribution is 2.21. The summed E-state index contributed by atoms with van der Waals surface area (Å²) in [5, 5.41) is 4.24. The average Bonchev–Trinajstić information content (AvgIpc) is 2.33. The number of ether oxygens (including phenoxy) is 1. The lowest BCUT2D eigenvalue weighted by atomic mass is 10.1. The molecule has 0 bridgehead atoms. The lowest BCUT2D eigenvalue weighted by molar-refractivity contribution is 0.123. The fraction of sp³-hybridized carbons (Fsp3) is 0.600. The van der Waals surface area contributed by atoms with E-state index in [1.807, 2.05) is 18.2 Å². The van der Waals surface area contributed by atoms with Crippen molar-refractivity contribution in [3.05, 3.63) is 34.9 Å². The Labute approximate surface area is 116 Å². The standard InChI is InChI=1S/C15H24ClNO/c1-12(2)8-10-18-11-9-17-13(3)14-6-4-5-7-15(14)16/h4-7,12-13,17H,8-11H2,1-3H3. The number of benzene rings is 1. The van der Waals surface area contributed by atoms with E-state index in [-0.39, 0.29) is 6.04 Å². The van der Waals surface area contributed by atoms with E-state index in [1.165, 1.54) is 0 Å². The van der Waals surface area contributed by atoms with Crippen LogP contribution < -0.4 is 5.32 Å². The second-order valence-corrected chi connectivity index (χ2v) is 5.40. The quantitative estimate of drug-likeness (QED) is 0.719. The van der Waals surface area contributed by atoms with E-state index < -0.39 is 0 Å². The Morgan fingerprint density at radius 1 is 1.17 bits per heavy atom. The number of nitrogens with one attached hydrogen (secondary N) is 1. The molecule has 0 saturated carbocycles. The molecule has 0 heterocycles. The third-order valence-corrected chi connectivity index (χ3v) is 3.25. The van der Waals surface area contributed by atoms with Crippen LogP contribution in [0.4, 0.5) is 0 Å². The van der Waals surface area contributed by atoms with Crippen molar-refractivity contribution < 1.29 is 4.74 Å². The van der Waals surface area contributed by atoms with Crippen molar-refractivity contribution in [2.45, 2.75) is 33.2 Å². The minimum atomic E-state index is 0.257. The highest BCUT2D eigenvalue weighted by molar-refractivity contribution is 6.31. The van der Waals surface area contributed by atoms with Gasteiger partial charge < -0.3 is 10.1 Å². The van der Waals surface area contributed by atoms with Gasteiger partial charge in [0, 0.05) is 24.2 Å². The van der Waals surface area contributed by atoms with E-state index in [0.29, 0.717) is 5.92 Å². The lowest BCUT2D eigenvalue weighted by Gasteiger charge is -2.15. The van der Waals surface area contributed by atoms with E-state index >= 15 is 0 Å². The predicted molar refractivity (Wildman–Crippen MR) is 78.1 cm³/mol. The zero-order valence-electron chi connectivity index (χ0n) is 11.6. The molecule has 1 aromatic carbocycles. The van der Waals surface area contributed by atoms with Gasteiger partial charge in [-0.2, -0.15) is 0 Å². The second kappa shape index (κ2) is 8.52. The maximum Gasteiger partial charge on any atom is 0.0591 e. The number of rotatable bonds is 8. The van der Waals surface area contributed by atoms with Crippen molar-refractivity contribution >= 4 is 11.6 Å². The first-order valence-corrected chi connectivity index (χ1v) is 7.04. The molecule has 1 rings (SSSR count). The fourth-order valence-electron chi connectivity index (χ4n) is 1.70. The Bertz CT molecular complexity index is 341. The van der Waals surface area contributed by atoms with Gasteiger partial charge in [0.2, 0.25) is 0 Å². The van der Waals surface area contributed by atoms with Crippen molar-refractivity contribution in [3.63, 3.8) is 0 Å². The third kappa shape index (κ3) is 5.85. The highest BCUT2D eigenvalue weighted by atomic mass is 35.5. The van der Waals surface area contributed by atoms with E-state index in [9.17, 15) is 0 Å². The van der Waals surface area contributed by atoms with Crippen LogP contribution in [0.5, 0.6) is 0 Å². The van der Waals surface area contributed by atoms with Gasteiger partial charge in [0.25, 0.3) is 0 Å². The largest absolute Gasteiger partial charge is 0.380 e. The van der Waals surface area contributed by atoms with Crippen molar-refractivity contribution in [3.8, 4) is 0 Å². The van der Waals surface area contributed by atoms with Gasteiger partial charge in [0.1, 0.15) is 0 Å². The molecule has 1 N–H and O–H groups in total. The first-order chi connectivity index (χ1) is 8.61. The normalized spacial score (nSPS) is 12.9. The van der Waals surface area contributed by atoms with Crippen molar-refractivity contribution in [1.29, 1.82) is 0 Å². The molecule has 1 atom stereocenters. The van der Waals surface area contributed by atoms with E-state index in [1.54, 1.807) is 0 Å². The molecule has 0 saturated heterocycles. The molecule has 1 aromatic rings. The Kier molecular flexibility index (Phi) is 7.33. The molecule has 0 fully saturated rings. The molecular weight excluding hydrogens is 246 g/mol. The lowest BCUT2D eigenvalue weighted by Crippen LogP contribution is -2.23. The molecule has 0 aliphatic heterocycles. The second-order valence-electron chi connectivity index (χ2n) is 4.99. The van der Waals surface area contributed by atoms with Crippen molar-refractivity contribution in [1.82, 2.24) is 5.32 Å². The van der Waals surface area contributed by atoms with Crippen LogP contribution in [0.1, 0.15) is 38.8 Å². The molecule has 0 aliphatic rings. The smallest absolute Gasteiger partial charge is 0.0591 e. The molecule has 0 spiro atoms. The molecule has 102 valence electrons. The Balaban J connectivity index is 2.18. The summed E-state index contributed by atoms with van der Waals surface area (Å²) in [5.41, 5.74) is 1.14. The maximum absolute atomic E-state index is 6.15. The molecule has 3 heteroatoms. The summed E-state index contributed by atoms with van der Waals surface area (Å²) < 4.78 is 5.57. The molecule has 2 nitrogen and oxygen atoms in total. The van der Waals surface area contributed by atoms with Gasteiger partial charge in [-0.3, -0.25) is 0 Å². The van der Waals surface area contributed by atoms with Gasteiger partial charge in [-0.15, -0.1) is 0 Å². The van der Waals surface area contributed by atoms with Crippen LogP contribution in [0.15, 0.2) is 24.3 Å². The van der Waals surface area contributed by atoms with Crippen LogP contribution in [0.3, 0.4) is 0 Å². The average molecular weight is 270 g/mol. The van der Waals surface area contributed by atoms with Crippen LogP contribution in [0, 0.1) is 5.92 Å². The molecule has 18 heavy (non-hydrogen) atoms. The Morgan fingerprint density at radius 3 is 2.56 bits per heavy atom. The van der Waals surface area contributed by atoms with E-state index in [4.69, 9.17) is 16.3 Å². The Morgan fingerprint density at radius 2 is 1.89 bits per heavy atom. The van der Waals surface area contributed by atoms with Gasteiger partial charge in [-0.25, -0.2) is 0 Å². The summed E-state index contributed by atoms with van der Waals surface area (Å²) in [6.07, 6.45) is 1.13. The summed E-state index contributed by atoms with van der Waals surface area (Å²) in [6, 6.07) is 8.20. The number of hydrogen-bond donors (Lipinski definition) is 1. The van der Waals surface area contributed by atoms with Gasteiger partial charge in [0.05, 0.1) is 6.61 Å². The molecule has 0 aromatic heterocycles. The minimum absolute atomic E-state index is 0.257. The predicted octanol–water partition coefficient (Wildman–Crippen LogP) is 4.05. The van der Waals surface area contributed by atoms with Gasteiger partial charge in [-0.1, -0.05) is 43.6 Å². The van der Waals surface area contributed by atoms with Crippen LogP contribution >= 0.6 is 11.6 Å². The SMILES string of the molecule is CC(C)CCOCCNC(C)c1ccccc1Cl. The fourth-order valence-corrected chi connectivity index (χ4v) is 2.00. The van der Waals surface area contributed by atoms with Crippen LogP contribution in [-0.2, 0) is 4.74 Å². The zero-order valence-corrected chi connectivity index (χ0v) is 12.3. The molecular formula is C15H24ClNO. The maximum atomic E-state index is 6.15. The number of halogens is 1. The van der Waals surface area contributed by atoms with E-state index in [0.717, 1.165) is 36.8 Å². The van der Waals surface area contributed by atoms with Crippen LogP contribution in [-0.4, -0.2) is 19.8 Å². The summed E-state index contributed by atoms with van der Waals surface area (Å²) in [5.74, 6) is 0.708. The zero-order chi connectivity index (χ0) is 13.4. The first kappa shape index (κ1) is 15.5. The van der Waals surface area contributed by atoms with Crippen molar-refractivity contribution in [2.24, 2.45) is 5.92 Å². The summed E-state index contributed by atoms with van der Waals surface area (Å²) >= 11 is 6.15. The Hall–Kier alpha value is -0.570. The molecule has 0 aliphatic carbocycles. The molecule has 0 radical (unpaired) electrons.